The predicted molar refractivity (Wildman–Crippen MR) is 85.4 cm³/mol. The molecule has 0 amide bonds. The van der Waals surface area contributed by atoms with Crippen molar-refractivity contribution in [3.63, 3.8) is 0 Å². The highest BCUT2D eigenvalue weighted by atomic mass is 79.9. The number of aliphatic hydroxyl groups is 1. The molecule has 19 heavy (non-hydrogen) atoms. The molecule has 0 aliphatic carbocycles. The van der Waals surface area contributed by atoms with Crippen LogP contribution in [0.3, 0.4) is 0 Å². The Morgan fingerprint density at radius 3 is 2.74 bits per heavy atom. The summed E-state index contributed by atoms with van der Waals surface area (Å²) in [5.74, 6) is 0.590. The summed E-state index contributed by atoms with van der Waals surface area (Å²) in [5, 5.41) is 14.5. The lowest BCUT2D eigenvalue weighted by molar-refractivity contribution is 0.191. The molecule has 0 radical (unpaired) electrons. The molecule has 0 bridgehead atoms. The molecule has 0 spiro atoms. The van der Waals surface area contributed by atoms with Crippen molar-refractivity contribution >= 4 is 43.6 Å². The van der Waals surface area contributed by atoms with Gasteiger partial charge in [0.05, 0.1) is 16.4 Å². The molecule has 0 aliphatic heterocycles. The molecule has 1 unspecified atom stereocenters. The lowest BCUT2D eigenvalue weighted by Crippen LogP contribution is -2.10. The van der Waals surface area contributed by atoms with Crippen molar-refractivity contribution < 1.29 is 5.11 Å². The molecule has 102 valence electrons. The number of aliphatic hydroxyl groups excluding tert-OH is 1. The minimum Gasteiger partial charge on any atom is -0.386 e. The van der Waals surface area contributed by atoms with Crippen molar-refractivity contribution in [1.29, 1.82) is 0 Å². The van der Waals surface area contributed by atoms with Crippen molar-refractivity contribution in [1.82, 2.24) is 9.78 Å². The second-order valence-electron chi connectivity index (χ2n) is 3.95. The number of hydrogen-bond donors (Lipinski definition) is 1. The van der Waals surface area contributed by atoms with Gasteiger partial charge >= 0.3 is 0 Å². The second kappa shape index (κ2) is 6.92. The summed E-state index contributed by atoms with van der Waals surface area (Å²) in [4.78, 5) is 1.13. The van der Waals surface area contributed by atoms with E-state index in [1.54, 1.807) is 18.0 Å². The van der Waals surface area contributed by atoms with Gasteiger partial charge in [0.25, 0.3) is 0 Å². The smallest absolute Gasteiger partial charge is 0.106 e. The quantitative estimate of drug-likeness (QED) is 0.755. The molecule has 6 heteroatoms. The van der Waals surface area contributed by atoms with Gasteiger partial charge in [-0.3, -0.25) is 4.68 Å². The number of halogens is 2. The zero-order valence-corrected chi connectivity index (χ0v) is 14.4. The summed E-state index contributed by atoms with van der Waals surface area (Å²) in [6.45, 7) is 2.76. The molecule has 0 saturated carbocycles. The third kappa shape index (κ3) is 3.62. The molecule has 0 aliphatic rings. The minimum absolute atomic E-state index is 0.547. The summed E-state index contributed by atoms with van der Waals surface area (Å²) in [6.07, 6.45) is 1.18. The van der Waals surface area contributed by atoms with E-state index in [1.165, 1.54) is 0 Å². The summed E-state index contributed by atoms with van der Waals surface area (Å²) in [7, 11) is 0. The van der Waals surface area contributed by atoms with Crippen LogP contribution in [0, 0.1) is 0 Å². The molecule has 1 heterocycles. The van der Waals surface area contributed by atoms with Crippen LogP contribution in [-0.2, 0) is 6.54 Å². The zero-order chi connectivity index (χ0) is 13.8. The number of aromatic nitrogens is 2. The number of aryl methyl sites for hydroxylation is 1. The van der Waals surface area contributed by atoms with Crippen molar-refractivity contribution in [2.75, 3.05) is 5.75 Å². The van der Waals surface area contributed by atoms with Crippen LogP contribution in [0.4, 0.5) is 0 Å². The predicted octanol–water partition coefficient (Wildman–Crippen LogP) is 4.25. The van der Waals surface area contributed by atoms with Gasteiger partial charge in [-0.2, -0.15) is 5.10 Å². The summed E-state index contributed by atoms with van der Waals surface area (Å²) >= 11 is 8.57. The average Bonchev–Trinajstić information content (AvgIpc) is 2.78. The van der Waals surface area contributed by atoms with Crippen LogP contribution in [0.1, 0.15) is 18.7 Å². The second-order valence-corrected chi connectivity index (χ2v) is 6.72. The first-order chi connectivity index (χ1) is 9.13. The van der Waals surface area contributed by atoms with E-state index >= 15 is 0 Å². The molecular weight excluding hydrogens is 392 g/mol. The first-order valence-electron chi connectivity index (χ1n) is 5.90. The van der Waals surface area contributed by atoms with E-state index in [9.17, 15) is 5.11 Å². The fourth-order valence-corrected chi connectivity index (χ4v) is 3.83. The molecular formula is C13H14Br2N2OS. The van der Waals surface area contributed by atoms with Gasteiger partial charge in [0.1, 0.15) is 6.10 Å². The van der Waals surface area contributed by atoms with Crippen molar-refractivity contribution in [2.24, 2.45) is 0 Å². The van der Waals surface area contributed by atoms with Crippen LogP contribution in [0.2, 0.25) is 0 Å². The summed E-state index contributed by atoms with van der Waals surface area (Å²) < 4.78 is 3.72. The Balaban J connectivity index is 2.07. The van der Waals surface area contributed by atoms with E-state index in [4.69, 9.17) is 0 Å². The molecule has 1 atom stereocenters. The number of thioether (sulfide) groups is 1. The minimum atomic E-state index is -0.547. The van der Waals surface area contributed by atoms with Gasteiger partial charge in [0.2, 0.25) is 0 Å². The van der Waals surface area contributed by atoms with Gasteiger partial charge in [-0.05, 0) is 50.9 Å². The van der Waals surface area contributed by atoms with Gasteiger partial charge in [-0.1, -0.05) is 12.1 Å². The van der Waals surface area contributed by atoms with Gasteiger partial charge in [0.15, 0.2) is 0 Å². The largest absolute Gasteiger partial charge is 0.386 e. The van der Waals surface area contributed by atoms with Crippen LogP contribution in [-0.4, -0.2) is 20.6 Å². The molecule has 2 aromatic rings. The third-order valence-corrected chi connectivity index (χ3v) is 5.40. The van der Waals surface area contributed by atoms with E-state index in [0.717, 1.165) is 26.1 Å². The van der Waals surface area contributed by atoms with Crippen molar-refractivity contribution in [2.45, 2.75) is 24.5 Å². The van der Waals surface area contributed by atoms with E-state index in [-0.39, 0.29) is 0 Å². The maximum absolute atomic E-state index is 10.3. The summed E-state index contributed by atoms with van der Waals surface area (Å²) in [5.41, 5.74) is 0.835. The molecule has 1 N–H and O–H groups in total. The highest BCUT2D eigenvalue weighted by Gasteiger charge is 2.17. The van der Waals surface area contributed by atoms with Gasteiger partial charge in [0, 0.05) is 21.7 Å². The Labute approximate surface area is 133 Å². The molecule has 3 nitrogen and oxygen atoms in total. The number of rotatable bonds is 5. The SMILES string of the molecule is CCn1ncc(Br)c1C(O)CSc1ccccc1Br. The van der Waals surface area contributed by atoms with Crippen LogP contribution in [0.15, 0.2) is 44.3 Å². The van der Waals surface area contributed by atoms with E-state index in [0.29, 0.717) is 5.75 Å². The first kappa shape index (κ1) is 15.1. The monoisotopic (exact) mass is 404 g/mol. The van der Waals surface area contributed by atoms with Crippen LogP contribution < -0.4 is 0 Å². The first-order valence-corrected chi connectivity index (χ1v) is 8.47. The summed E-state index contributed by atoms with van der Waals surface area (Å²) in [6, 6.07) is 8.01. The maximum atomic E-state index is 10.3. The Bertz CT molecular complexity index is 559. The van der Waals surface area contributed by atoms with Gasteiger partial charge < -0.3 is 5.11 Å². The van der Waals surface area contributed by atoms with Crippen LogP contribution in [0.5, 0.6) is 0 Å². The van der Waals surface area contributed by atoms with Crippen LogP contribution >= 0.6 is 43.6 Å². The number of nitrogens with zero attached hydrogens (tertiary/aromatic N) is 2. The normalized spacial score (nSPS) is 12.6. The fourth-order valence-electron chi connectivity index (χ4n) is 1.76. The highest BCUT2D eigenvalue weighted by molar-refractivity contribution is 9.10. The Morgan fingerprint density at radius 2 is 2.05 bits per heavy atom. The lowest BCUT2D eigenvalue weighted by Gasteiger charge is -2.13. The Kier molecular flexibility index (Phi) is 5.50. The topological polar surface area (TPSA) is 38.0 Å². The standard InChI is InChI=1S/C13H14Br2N2OS/c1-2-17-13(10(15)7-16-17)11(18)8-19-12-6-4-3-5-9(12)14/h3-7,11,18H,2,8H2,1H3. The van der Waals surface area contributed by atoms with E-state index < -0.39 is 6.10 Å². The van der Waals surface area contributed by atoms with E-state index in [2.05, 4.69) is 37.0 Å². The lowest BCUT2D eigenvalue weighted by atomic mass is 10.3. The van der Waals surface area contributed by atoms with Gasteiger partial charge in [-0.15, -0.1) is 11.8 Å². The molecule has 2 rings (SSSR count). The highest BCUT2D eigenvalue weighted by Crippen LogP contribution is 2.32. The molecule has 1 aromatic heterocycles. The van der Waals surface area contributed by atoms with Crippen molar-refractivity contribution in [3.05, 3.63) is 45.1 Å². The Morgan fingerprint density at radius 1 is 1.32 bits per heavy atom. The average molecular weight is 406 g/mol. The number of benzene rings is 1. The molecule has 0 fully saturated rings. The molecule has 1 aromatic carbocycles. The van der Waals surface area contributed by atoms with Crippen molar-refractivity contribution in [3.8, 4) is 0 Å². The van der Waals surface area contributed by atoms with Gasteiger partial charge in [-0.25, -0.2) is 0 Å². The third-order valence-electron chi connectivity index (χ3n) is 2.68. The number of hydrogen-bond acceptors (Lipinski definition) is 3. The fraction of sp³-hybridized carbons (Fsp3) is 0.308. The van der Waals surface area contributed by atoms with E-state index in [1.807, 2.05) is 35.9 Å². The molecule has 0 saturated heterocycles. The maximum Gasteiger partial charge on any atom is 0.106 e. The zero-order valence-electron chi connectivity index (χ0n) is 10.4. The Hall–Kier alpha value is -0.300. The van der Waals surface area contributed by atoms with Crippen LogP contribution in [0.25, 0.3) is 0 Å².